The van der Waals surface area contributed by atoms with Crippen molar-refractivity contribution in [2.75, 3.05) is 13.1 Å². The molecule has 1 unspecified atom stereocenters. The number of aryl methyl sites for hydroxylation is 1. The van der Waals surface area contributed by atoms with E-state index in [4.69, 9.17) is 9.52 Å². The van der Waals surface area contributed by atoms with Gasteiger partial charge in [0.25, 0.3) is 0 Å². The molecule has 1 aromatic rings. The average Bonchev–Trinajstić information content (AvgIpc) is 2.85. The Balaban J connectivity index is 1.94. The van der Waals surface area contributed by atoms with Crippen LogP contribution >= 0.6 is 0 Å². The number of hydrogen-bond acceptors (Lipinski definition) is 4. The molecule has 1 fully saturated rings. The Hall–Kier alpha value is -1.36. The molecule has 0 spiro atoms. The van der Waals surface area contributed by atoms with E-state index in [1.54, 1.807) is 6.26 Å². The first-order valence-electron chi connectivity index (χ1n) is 5.12. The molecule has 15 heavy (non-hydrogen) atoms. The molecule has 5 heteroatoms. The van der Waals surface area contributed by atoms with E-state index in [1.165, 1.54) is 0 Å². The predicted molar refractivity (Wildman–Crippen MR) is 52.7 cm³/mol. The zero-order valence-electron chi connectivity index (χ0n) is 8.40. The van der Waals surface area contributed by atoms with Gasteiger partial charge in [0.05, 0.1) is 12.1 Å². The summed E-state index contributed by atoms with van der Waals surface area (Å²) in [6.07, 6.45) is 3.16. The highest BCUT2D eigenvalue weighted by Crippen LogP contribution is 2.21. The van der Waals surface area contributed by atoms with Crippen molar-refractivity contribution in [2.45, 2.75) is 25.2 Å². The number of hydrogen-bond donors (Lipinski definition) is 2. The number of aromatic nitrogens is 1. The van der Waals surface area contributed by atoms with Gasteiger partial charge in [-0.3, -0.25) is 4.79 Å². The van der Waals surface area contributed by atoms with Gasteiger partial charge in [0.2, 0.25) is 0 Å². The van der Waals surface area contributed by atoms with E-state index in [0.717, 1.165) is 25.2 Å². The van der Waals surface area contributed by atoms with Crippen molar-refractivity contribution in [1.29, 1.82) is 0 Å². The van der Waals surface area contributed by atoms with Crippen LogP contribution in [0.1, 0.15) is 30.3 Å². The molecule has 1 saturated heterocycles. The molecular weight excluding hydrogens is 196 g/mol. The molecule has 1 aromatic heterocycles. The van der Waals surface area contributed by atoms with Crippen LogP contribution in [0.15, 0.2) is 10.7 Å². The van der Waals surface area contributed by atoms with E-state index in [-0.39, 0.29) is 6.42 Å². The molecule has 0 radical (unpaired) electrons. The van der Waals surface area contributed by atoms with E-state index in [2.05, 4.69) is 10.3 Å². The third-order valence-corrected chi connectivity index (χ3v) is 2.60. The van der Waals surface area contributed by atoms with Crippen LogP contribution in [-0.4, -0.2) is 29.1 Å². The van der Waals surface area contributed by atoms with Crippen LogP contribution in [0.5, 0.6) is 0 Å². The highest BCUT2D eigenvalue weighted by Gasteiger charge is 2.20. The predicted octanol–water partition coefficient (Wildman–Crippen LogP) is 0.769. The quantitative estimate of drug-likeness (QED) is 0.767. The monoisotopic (exact) mass is 210 g/mol. The Morgan fingerprint density at radius 3 is 3.27 bits per heavy atom. The summed E-state index contributed by atoms with van der Waals surface area (Å²) in [4.78, 5) is 14.7. The maximum Gasteiger partial charge on any atom is 0.303 e. The van der Waals surface area contributed by atoms with Crippen LogP contribution in [0.2, 0.25) is 0 Å². The highest BCUT2D eigenvalue weighted by atomic mass is 16.4. The second-order valence-corrected chi connectivity index (χ2v) is 3.75. The highest BCUT2D eigenvalue weighted by molar-refractivity contribution is 5.66. The molecule has 0 amide bonds. The maximum absolute atomic E-state index is 10.4. The minimum Gasteiger partial charge on any atom is -0.481 e. The van der Waals surface area contributed by atoms with Gasteiger partial charge in [-0.15, -0.1) is 0 Å². The van der Waals surface area contributed by atoms with Crippen LogP contribution in [-0.2, 0) is 11.2 Å². The Kier molecular flexibility index (Phi) is 3.01. The number of carboxylic acids is 1. The topological polar surface area (TPSA) is 75.4 Å². The van der Waals surface area contributed by atoms with Gasteiger partial charge in [0.1, 0.15) is 6.26 Å². The Morgan fingerprint density at radius 2 is 2.60 bits per heavy atom. The van der Waals surface area contributed by atoms with Crippen LogP contribution < -0.4 is 5.32 Å². The van der Waals surface area contributed by atoms with Gasteiger partial charge >= 0.3 is 5.97 Å². The van der Waals surface area contributed by atoms with E-state index in [1.807, 2.05) is 0 Å². The molecule has 0 saturated carbocycles. The molecule has 2 rings (SSSR count). The molecule has 5 nitrogen and oxygen atoms in total. The normalized spacial score (nSPS) is 20.7. The smallest absolute Gasteiger partial charge is 0.303 e. The average molecular weight is 210 g/mol. The summed E-state index contributed by atoms with van der Waals surface area (Å²) in [5, 5.41) is 11.8. The number of oxazole rings is 1. The molecule has 1 aliphatic heterocycles. The summed E-state index contributed by atoms with van der Waals surface area (Å²) in [7, 11) is 0. The van der Waals surface area contributed by atoms with Gasteiger partial charge in [-0.2, -0.15) is 0 Å². The fourth-order valence-corrected chi connectivity index (χ4v) is 1.75. The third kappa shape index (κ3) is 2.56. The summed E-state index contributed by atoms with van der Waals surface area (Å²) in [5.74, 6) is 0.129. The molecule has 82 valence electrons. The van der Waals surface area contributed by atoms with Crippen molar-refractivity contribution in [3.63, 3.8) is 0 Å². The second-order valence-electron chi connectivity index (χ2n) is 3.75. The molecule has 2 N–H and O–H groups in total. The number of carboxylic acid groups (broad SMARTS) is 1. The van der Waals surface area contributed by atoms with Crippen molar-refractivity contribution in [3.8, 4) is 0 Å². The standard InChI is InChI=1S/C10H14N2O3/c13-10(14)2-1-9-12-8(6-15-9)7-3-4-11-5-7/h6-7,11H,1-5H2,(H,13,14). The van der Waals surface area contributed by atoms with Crippen molar-refractivity contribution in [2.24, 2.45) is 0 Å². The first-order valence-corrected chi connectivity index (χ1v) is 5.12. The lowest BCUT2D eigenvalue weighted by atomic mass is 10.1. The lowest BCUT2D eigenvalue weighted by Crippen LogP contribution is -2.08. The van der Waals surface area contributed by atoms with Crippen LogP contribution in [0.3, 0.4) is 0 Å². The number of rotatable bonds is 4. The Bertz CT molecular complexity index is 342. The van der Waals surface area contributed by atoms with E-state index in [9.17, 15) is 4.79 Å². The van der Waals surface area contributed by atoms with Gasteiger partial charge in [-0.1, -0.05) is 0 Å². The van der Waals surface area contributed by atoms with E-state index < -0.39 is 5.97 Å². The molecule has 2 heterocycles. The molecule has 0 aromatic carbocycles. The van der Waals surface area contributed by atoms with E-state index in [0.29, 0.717) is 18.2 Å². The SMILES string of the molecule is O=C(O)CCc1nc(C2CCNC2)co1. The fourth-order valence-electron chi connectivity index (χ4n) is 1.75. The van der Waals surface area contributed by atoms with Gasteiger partial charge in [0, 0.05) is 18.9 Å². The van der Waals surface area contributed by atoms with Crippen molar-refractivity contribution >= 4 is 5.97 Å². The summed E-state index contributed by atoms with van der Waals surface area (Å²) in [5.41, 5.74) is 0.945. The first-order chi connectivity index (χ1) is 7.25. The zero-order chi connectivity index (χ0) is 10.7. The Labute approximate surface area is 87.5 Å². The van der Waals surface area contributed by atoms with Gasteiger partial charge in [-0.25, -0.2) is 4.98 Å². The van der Waals surface area contributed by atoms with Crippen molar-refractivity contribution < 1.29 is 14.3 Å². The number of nitrogens with one attached hydrogen (secondary N) is 1. The minimum atomic E-state index is -0.822. The summed E-state index contributed by atoms with van der Waals surface area (Å²) < 4.78 is 5.23. The lowest BCUT2D eigenvalue weighted by molar-refractivity contribution is -0.137. The number of carbonyl (C=O) groups is 1. The van der Waals surface area contributed by atoms with Crippen molar-refractivity contribution in [1.82, 2.24) is 10.3 Å². The molecule has 1 aliphatic rings. The van der Waals surface area contributed by atoms with Crippen LogP contribution in [0, 0.1) is 0 Å². The molecule has 0 aliphatic carbocycles. The number of aliphatic carboxylic acids is 1. The molecule has 0 bridgehead atoms. The fraction of sp³-hybridized carbons (Fsp3) is 0.600. The maximum atomic E-state index is 10.4. The zero-order valence-corrected chi connectivity index (χ0v) is 8.40. The molecular formula is C10H14N2O3. The summed E-state index contributed by atoms with van der Waals surface area (Å²) in [6.45, 7) is 1.95. The van der Waals surface area contributed by atoms with Crippen molar-refractivity contribution in [3.05, 3.63) is 17.8 Å². The largest absolute Gasteiger partial charge is 0.481 e. The lowest BCUT2D eigenvalue weighted by Gasteiger charge is -2.00. The van der Waals surface area contributed by atoms with Crippen LogP contribution in [0.4, 0.5) is 0 Å². The minimum absolute atomic E-state index is 0.0723. The molecule has 1 atom stereocenters. The van der Waals surface area contributed by atoms with E-state index >= 15 is 0 Å². The van der Waals surface area contributed by atoms with Gasteiger partial charge in [-0.05, 0) is 13.0 Å². The van der Waals surface area contributed by atoms with Crippen LogP contribution in [0.25, 0.3) is 0 Å². The second kappa shape index (κ2) is 4.44. The Morgan fingerprint density at radius 1 is 1.73 bits per heavy atom. The van der Waals surface area contributed by atoms with Gasteiger partial charge < -0.3 is 14.8 Å². The first kappa shape index (κ1) is 10.2. The number of nitrogens with zero attached hydrogens (tertiary/aromatic N) is 1. The third-order valence-electron chi connectivity index (χ3n) is 2.60. The summed E-state index contributed by atoms with van der Waals surface area (Å²) >= 11 is 0. The summed E-state index contributed by atoms with van der Waals surface area (Å²) in [6, 6.07) is 0. The van der Waals surface area contributed by atoms with Gasteiger partial charge in [0.15, 0.2) is 5.89 Å².